The van der Waals surface area contributed by atoms with Crippen molar-refractivity contribution in [3.05, 3.63) is 54.7 Å². The van der Waals surface area contributed by atoms with Crippen LogP contribution >= 0.6 is 0 Å². The van der Waals surface area contributed by atoms with Crippen LogP contribution in [0, 0.1) is 0 Å². The molecule has 0 atom stereocenters. The quantitative estimate of drug-likeness (QED) is 0.560. The van der Waals surface area contributed by atoms with Crippen molar-refractivity contribution in [2.24, 2.45) is 0 Å². The smallest absolute Gasteiger partial charge is 0.323 e. The summed E-state index contributed by atoms with van der Waals surface area (Å²) in [4.78, 5) is 14.5. The molecule has 0 saturated carbocycles. The number of urea groups is 1. The standard InChI is InChI=1S/C22H22N6O4/c29-22(26-17-5-6-19-20(11-17)32-14-31-19)25-16-3-1-15(2-4-16)24-21-12-18(13-23-27-21)28-7-9-30-10-8-28/h1-6,11-13H,7-10,14H2,(H,24,27)(H2,25,26,29). The third-order valence-corrected chi connectivity index (χ3v) is 5.06. The van der Waals surface area contributed by atoms with Gasteiger partial charge in [-0.15, -0.1) is 5.10 Å². The van der Waals surface area contributed by atoms with E-state index >= 15 is 0 Å². The van der Waals surface area contributed by atoms with Gasteiger partial charge in [0.2, 0.25) is 6.79 Å². The molecule has 0 radical (unpaired) electrons. The number of aromatic nitrogens is 2. The molecule has 10 heteroatoms. The van der Waals surface area contributed by atoms with E-state index in [2.05, 4.69) is 31.0 Å². The van der Waals surface area contributed by atoms with Gasteiger partial charge in [-0.3, -0.25) is 0 Å². The highest BCUT2D eigenvalue weighted by Crippen LogP contribution is 2.34. The Kier molecular flexibility index (Phi) is 5.58. The summed E-state index contributed by atoms with van der Waals surface area (Å²) < 4.78 is 16.0. The van der Waals surface area contributed by atoms with Gasteiger partial charge in [0.25, 0.3) is 0 Å². The largest absolute Gasteiger partial charge is 0.454 e. The average Bonchev–Trinajstić information content (AvgIpc) is 3.29. The molecule has 3 N–H and O–H groups in total. The highest BCUT2D eigenvalue weighted by atomic mass is 16.7. The fraction of sp³-hybridized carbons (Fsp3) is 0.227. The number of benzene rings is 2. The number of carbonyl (C=O) groups is 1. The van der Waals surface area contributed by atoms with Crippen LogP contribution in [0.5, 0.6) is 11.5 Å². The van der Waals surface area contributed by atoms with Crippen molar-refractivity contribution in [3.8, 4) is 11.5 Å². The molecular formula is C22H22N6O4. The van der Waals surface area contributed by atoms with E-state index in [4.69, 9.17) is 14.2 Å². The molecule has 3 heterocycles. The van der Waals surface area contributed by atoms with Gasteiger partial charge in [0.15, 0.2) is 17.3 Å². The summed E-state index contributed by atoms with van der Waals surface area (Å²) in [5.74, 6) is 1.92. The van der Waals surface area contributed by atoms with Crippen LogP contribution in [0.25, 0.3) is 0 Å². The minimum Gasteiger partial charge on any atom is -0.454 e. The third-order valence-electron chi connectivity index (χ3n) is 5.06. The first-order valence-corrected chi connectivity index (χ1v) is 10.2. The minimum absolute atomic E-state index is 0.189. The summed E-state index contributed by atoms with van der Waals surface area (Å²) in [7, 11) is 0. The molecule has 1 saturated heterocycles. The predicted octanol–water partition coefficient (Wildman–Crippen LogP) is 3.43. The van der Waals surface area contributed by atoms with Gasteiger partial charge in [-0.25, -0.2) is 4.79 Å². The Morgan fingerprint density at radius 3 is 2.44 bits per heavy atom. The summed E-state index contributed by atoms with van der Waals surface area (Å²) >= 11 is 0. The minimum atomic E-state index is -0.353. The first kappa shape index (κ1) is 19.9. The van der Waals surface area contributed by atoms with Crippen LogP contribution in [0.1, 0.15) is 0 Å². The number of amides is 2. The van der Waals surface area contributed by atoms with Crippen LogP contribution in [-0.2, 0) is 4.74 Å². The number of ether oxygens (including phenoxy) is 3. The van der Waals surface area contributed by atoms with E-state index in [0.717, 1.165) is 24.5 Å². The molecule has 2 amide bonds. The van der Waals surface area contributed by atoms with Gasteiger partial charge in [0, 0.05) is 42.3 Å². The van der Waals surface area contributed by atoms with Crippen LogP contribution < -0.4 is 30.3 Å². The van der Waals surface area contributed by atoms with E-state index in [1.54, 1.807) is 36.5 Å². The second-order valence-electron chi connectivity index (χ2n) is 7.25. The Balaban J connectivity index is 1.18. The zero-order valence-electron chi connectivity index (χ0n) is 17.2. The zero-order valence-corrected chi connectivity index (χ0v) is 17.2. The van der Waals surface area contributed by atoms with Crippen molar-refractivity contribution in [1.82, 2.24) is 10.2 Å². The third kappa shape index (κ3) is 4.65. The summed E-state index contributed by atoms with van der Waals surface area (Å²) in [6, 6.07) is 14.2. The summed E-state index contributed by atoms with van der Waals surface area (Å²) in [6.07, 6.45) is 1.75. The maximum absolute atomic E-state index is 12.3. The first-order valence-electron chi connectivity index (χ1n) is 10.2. The fourth-order valence-electron chi connectivity index (χ4n) is 3.46. The van der Waals surface area contributed by atoms with Crippen molar-refractivity contribution in [1.29, 1.82) is 0 Å². The van der Waals surface area contributed by atoms with Crippen molar-refractivity contribution in [2.45, 2.75) is 0 Å². The number of rotatable bonds is 5. The molecule has 2 aliphatic heterocycles. The molecule has 10 nitrogen and oxygen atoms in total. The molecule has 5 rings (SSSR count). The molecule has 0 unspecified atom stereocenters. The normalized spacial score (nSPS) is 14.7. The van der Waals surface area contributed by atoms with E-state index in [1.165, 1.54) is 0 Å². The van der Waals surface area contributed by atoms with Crippen LogP contribution in [0.3, 0.4) is 0 Å². The molecule has 2 aromatic carbocycles. The summed E-state index contributed by atoms with van der Waals surface area (Å²) in [6.45, 7) is 3.28. The number of carbonyl (C=O) groups excluding carboxylic acids is 1. The monoisotopic (exact) mass is 434 g/mol. The van der Waals surface area contributed by atoms with E-state index in [-0.39, 0.29) is 12.8 Å². The Bertz CT molecular complexity index is 1100. The maximum Gasteiger partial charge on any atom is 0.323 e. The Morgan fingerprint density at radius 2 is 1.59 bits per heavy atom. The first-order chi connectivity index (χ1) is 15.7. The number of nitrogens with zero attached hydrogens (tertiary/aromatic N) is 3. The molecule has 164 valence electrons. The summed E-state index contributed by atoms with van der Waals surface area (Å²) in [5.41, 5.74) is 3.11. The van der Waals surface area contributed by atoms with Crippen LogP contribution in [0.4, 0.5) is 33.4 Å². The topological polar surface area (TPSA) is 110 Å². The Hall–Kier alpha value is -4.05. The van der Waals surface area contributed by atoms with Crippen molar-refractivity contribution in [2.75, 3.05) is 53.9 Å². The van der Waals surface area contributed by atoms with Crippen molar-refractivity contribution < 1.29 is 19.0 Å². The molecule has 0 aliphatic carbocycles. The van der Waals surface area contributed by atoms with Gasteiger partial charge in [0.1, 0.15) is 0 Å². The summed E-state index contributed by atoms with van der Waals surface area (Å²) in [5, 5.41) is 17.1. The van der Waals surface area contributed by atoms with Crippen molar-refractivity contribution in [3.63, 3.8) is 0 Å². The van der Waals surface area contributed by atoms with E-state index in [0.29, 0.717) is 41.9 Å². The molecule has 1 aromatic heterocycles. The lowest BCUT2D eigenvalue weighted by atomic mass is 10.2. The van der Waals surface area contributed by atoms with E-state index in [9.17, 15) is 4.79 Å². The highest BCUT2D eigenvalue weighted by Gasteiger charge is 2.15. The molecule has 0 bridgehead atoms. The molecule has 3 aromatic rings. The fourth-order valence-corrected chi connectivity index (χ4v) is 3.46. The number of anilines is 5. The molecular weight excluding hydrogens is 412 g/mol. The van der Waals surface area contributed by atoms with E-state index in [1.807, 2.05) is 18.2 Å². The predicted molar refractivity (Wildman–Crippen MR) is 120 cm³/mol. The number of hydrogen-bond donors (Lipinski definition) is 3. The second kappa shape index (κ2) is 8.98. The van der Waals surface area contributed by atoms with Gasteiger partial charge in [-0.05, 0) is 36.4 Å². The lowest BCUT2D eigenvalue weighted by Crippen LogP contribution is -2.36. The van der Waals surface area contributed by atoms with Gasteiger partial charge < -0.3 is 35.1 Å². The van der Waals surface area contributed by atoms with Crippen molar-refractivity contribution >= 4 is 34.6 Å². The molecule has 1 fully saturated rings. The highest BCUT2D eigenvalue weighted by molar-refractivity contribution is 6.00. The van der Waals surface area contributed by atoms with Crippen LogP contribution in [0.2, 0.25) is 0 Å². The van der Waals surface area contributed by atoms with Crippen LogP contribution in [-0.4, -0.2) is 49.3 Å². The lowest BCUT2D eigenvalue weighted by Gasteiger charge is -2.28. The van der Waals surface area contributed by atoms with Gasteiger partial charge in [0.05, 0.1) is 25.1 Å². The Labute approximate surface area is 184 Å². The van der Waals surface area contributed by atoms with Gasteiger partial charge in [-0.1, -0.05) is 0 Å². The number of nitrogens with one attached hydrogen (secondary N) is 3. The second-order valence-corrected chi connectivity index (χ2v) is 7.25. The molecule has 0 spiro atoms. The lowest BCUT2D eigenvalue weighted by molar-refractivity contribution is 0.122. The maximum atomic E-state index is 12.3. The Morgan fingerprint density at radius 1 is 0.875 bits per heavy atom. The van der Waals surface area contributed by atoms with Gasteiger partial charge >= 0.3 is 6.03 Å². The number of hydrogen-bond acceptors (Lipinski definition) is 8. The zero-order chi connectivity index (χ0) is 21.8. The van der Waals surface area contributed by atoms with Crippen LogP contribution in [0.15, 0.2) is 54.7 Å². The number of morpholine rings is 1. The molecule has 2 aliphatic rings. The molecule has 32 heavy (non-hydrogen) atoms. The SMILES string of the molecule is O=C(Nc1ccc(Nc2cc(N3CCOCC3)cnn2)cc1)Nc1ccc2c(c1)OCO2. The van der Waals surface area contributed by atoms with E-state index < -0.39 is 0 Å². The number of fused-ring (bicyclic) bond motifs is 1. The average molecular weight is 434 g/mol. The van der Waals surface area contributed by atoms with Gasteiger partial charge in [-0.2, -0.15) is 5.10 Å².